The number of thiol groups is 1. The standard InChI is InChI=1S/C18H34O2S/c1-2-3-4-11-14-17(21)15-12-9-7-5-6-8-10-13-16-18(19)20/h9,12,17,21H,2-8,10-11,13-16H2,1H3,(H,19,20)/b12-9-/t17-/m0/s1. The van der Waals surface area contributed by atoms with Crippen LogP contribution in [0.4, 0.5) is 0 Å². The van der Waals surface area contributed by atoms with Crippen molar-refractivity contribution < 1.29 is 9.90 Å². The van der Waals surface area contributed by atoms with E-state index in [1.54, 1.807) is 0 Å². The minimum Gasteiger partial charge on any atom is -0.481 e. The Labute approximate surface area is 136 Å². The van der Waals surface area contributed by atoms with E-state index in [9.17, 15) is 4.79 Å². The van der Waals surface area contributed by atoms with Crippen LogP contribution in [0.1, 0.15) is 90.4 Å². The molecule has 0 aliphatic rings. The zero-order valence-electron chi connectivity index (χ0n) is 13.7. The van der Waals surface area contributed by atoms with Crippen LogP contribution in [0.2, 0.25) is 0 Å². The third kappa shape index (κ3) is 17.5. The Balaban J connectivity index is 3.26. The van der Waals surface area contributed by atoms with E-state index in [4.69, 9.17) is 5.11 Å². The fraction of sp³-hybridized carbons (Fsp3) is 0.833. The molecule has 3 heteroatoms. The van der Waals surface area contributed by atoms with Crippen molar-refractivity contribution in [2.45, 2.75) is 95.6 Å². The maximum atomic E-state index is 10.3. The van der Waals surface area contributed by atoms with Crippen molar-refractivity contribution in [1.29, 1.82) is 0 Å². The first-order chi connectivity index (χ1) is 10.2. The fourth-order valence-corrected chi connectivity index (χ4v) is 2.67. The van der Waals surface area contributed by atoms with E-state index in [0.717, 1.165) is 32.1 Å². The van der Waals surface area contributed by atoms with Crippen LogP contribution in [0, 0.1) is 0 Å². The van der Waals surface area contributed by atoms with Crippen molar-refractivity contribution in [3.63, 3.8) is 0 Å². The number of carbonyl (C=O) groups is 1. The average molecular weight is 315 g/mol. The van der Waals surface area contributed by atoms with E-state index in [2.05, 4.69) is 31.7 Å². The first kappa shape index (κ1) is 20.6. The lowest BCUT2D eigenvalue weighted by Gasteiger charge is -2.07. The van der Waals surface area contributed by atoms with E-state index >= 15 is 0 Å². The van der Waals surface area contributed by atoms with Crippen molar-refractivity contribution >= 4 is 18.6 Å². The third-order valence-corrected chi connectivity index (χ3v) is 4.20. The molecule has 0 amide bonds. The number of carboxylic acids is 1. The van der Waals surface area contributed by atoms with Crippen LogP contribution in [-0.4, -0.2) is 16.3 Å². The molecular weight excluding hydrogens is 280 g/mol. The van der Waals surface area contributed by atoms with Crippen LogP contribution in [-0.2, 0) is 4.79 Å². The average Bonchev–Trinajstić information content (AvgIpc) is 2.45. The molecule has 0 aromatic rings. The first-order valence-electron chi connectivity index (χ1n) is 8.71. The summed E-state index contributed by atoms with van der Waals surface area (Å²) in [5, 5.41) is 9.05. The van der Waals surface area contributed by atoms with Gasteiger partial charge in [0.1, 0.15) is 0 Å². The molecule has 124 valence electrons. The molecule has 1 atom stereocenters. The van der Waals surface area contributed by atoms with Gasteiger partial charge in [-0.15, -0.1) is 0 Å². The summed E-state index contributed by atoms with van der Waals surface area (Å²) in [6.45, 7) is 2.24. The molecule has 0 heterocycles. The maximum absolute atomic E-state index is 10.3. The van der Waals surface area contributed by atoms with Gasteiger partial charge in [-0.3, -0.25) is 4.79 Å². The van der Waals surface area contributed by atoms with Crippen molar-refractivity contribution in [2.75, 3.05) is 0 Å². The number of allylic oxidation sites excluding steroid dienone is 2. The molecule has 0 aliphatic heterocycles. The van der Waals surface area contributed by atoms with Crippen molar-refractivity contribution in [2.24, 2.45) is 0 Å². The predicted octanol–water partition coefficient (Wildman–Crippen LogP) is 6.02. The lowest BCUT2D eigenvalue weighted by molar-refractivity contribution is -0.137. The Kier molecular flexibility index (Phi) is 15.6. The van der Waals surface area contributed by atoms with E-state index in [0.29, 0.717) is 11.7 Å². The Morgan fingerprint density at radius 3 is 2.38 bits per heavy atom. The smallest absolute Gasteiger partial charge is 0.303 e. The van der Waals surface area contributed by atoms with Gasteiger partial charge in [-0.25, -0.2) is 0 Å². The van der Waals surface area contributed by atoms with Crippen LogP contribution in [0.25, 0.3) is 0 Å². The van der Waals surface area contributed by atoms with E-state index in [-0.39, 0.29) is 0 Å². The summed E-state index contributed by atoms with van der Waals surface area (Å²) in [6.07, 6.45) is 19.1. The Hall–Kier alpha value is -0.440. The van der Waals surface area contributed by atoms with Crippen molar-refractivity contribution in [1.82, 2.24) is 0 Å². The van der Waals surface area contributed by atoms with Crippen molar-refractivity contribution in [3.05, 3.63) is 12.2 Å². The maximum Gasteiger partial charge on any atom is 0.303 e. The van der Waals surface area contributed by atoms with Gasteiger partial charge in [0.15, 0.2) is 0 Å². The molecular formula is C18H34O2S. The lowest BCUT2D eigenvalue weighted by atomic mass is 10.1. The summed E-state index contributed by atoms with van der Waals surface area (Å²) in [4.78, 5) is 10.3. The molecule has 0 fully saturated rings. The van der Waals surface area contributed by atoms with Gasteiger partial charge in [0.25, 0.3) is 0 Å². The first-order valence-corrected chi connectivity index (χ1v) is 9.23. The van der Waals surface area contributed by atoms with Gasteiger partial charge in [0, 0.05) is 11.7 Å². The molecule has 0 aromatic carbocycles. The quantitative estimate of drug-likeness (QED) is 0.220. The molecule has 1 N–H and O–H groups in total. The zero-order chi connectivity index (χ0) is 15.8. The molecule has 0 spiro atoms. The predicted molar refractivity (Wildman–Crippen MR) is 95.2 cm³/mol. The summed E-state index contributed by atoms with van der Waals surface area (Å²) < 4.78 is 0. The second-order valence-electron chi connectivity index (χ2n) is 5.91. The largest absolute Gasteiger partial charge is 0.481 e. The topological polar surface area (TPSA) is 37.3 Å². The van der Waals surface area contributed by atoms with Crippen LogP contribution in [0.3, 0.4) is 0 Å². The summed E-state index contributed by atoms with van der Waals surface area (Å²) in [7, 11) is 0. The van der Waals surface area contributed by atoms with Crippen molar-refractivity contribution in [3.8, 4) is 0 Å². The highest BCUT2D eigenvalue weighted by molar-refractivity contribution is 7.80. The summed E-state index contributed by atoms with van der Waals surface area (Å²) in [6, 6.07) is 0. The molecule has 0 aliphatic carbocycles. The molecule has 0 saturated heterocycles. The Morgan fingerprint density at radius 2 is 1.67 bits per heavy atom. The zero-order valence-corrected chi connectivity index (χ0v) is 14.6. The van der Waals surface area contributed by atoms with Crippen LogP contribution in [0.5, 0.6) is 0 Å². The van der Waals surface area contributed by atoms with Gasteiger partial charge in [-0.05, 0) is 32.1 Å². The van der Waals surface area contributed by atoms with Gasteiger partial charge >= 0.3 is 5.97 Å². The highest BCUT2D eigenvalue weighted by Crippen LogP contribution is 2.14. The van der Waals surface area contributed by atoms with Crippen LogP contribution >= 0.6 is 12.6 Å². The summed E-state index contributed by atoms with van der Waals surface area (Å²) in [5.41, 5.74) is 0. The van der Waals surface area contributed by atoms with E-state index in [1.807, 2.05) is 0 Å². The molecule has 0 saturated carbocycles. The fourth-order valence-electron chi connectivity index (χ4n) is 2.36. The summed E-state index contributed by atoms with van der Waals surface area (Å²) >= 11 is 4.63. The van der Waals surface area contributed by atoms with Crippen LogP contribution in [0.15, 0.2) is 12.2 Å². The minimum atomic E-state index is -0.672. The number of carboxylic acid groups (broad SMARTS) is 1. The molecule has 0 radical (unpaired) electrons. The number of rotatable bonds is 15. The minimum absolute atomic E-state index is 0.321. The number of hydrogen-bond donors (Lipinski definition) is 2. The van der Waals surface area contributed by atoms with Gasteiger partial charge in [-0.2, -0.15) is 12.6 Å². The molecule has 0 unspecified atom stereocenters. The number of unbranched alkanes of at least 4 members (excludes halogenated alkanes) is 8. The Morgan fingerprint density at radius 1 is 1.00 bits per heavy atom. The highest BCUT2D eigenvalue weighted by Gasteiger charge is 2.00. The van der Waals surface area contributed by atoms with E-state index < -0.39 is 5.97 Å². The second kappa shape index (κ2) is 15.9. The van der Waals surface area contributed by atoms with E-state index in [1.165, 1.54) is 44.9 Å². The summed E-state index contributed by atoms with van der Waals surface area (Å²) in [5.74, 6) is -0.672. The second-order valence-corrected chi connectivity index (χ2v) is 6.64. The number of aliphatic carboxylic acids is 1. The molecule has 0 aromatic heterocycles. The lowest BCUT2D eigenvalue weighted by Crippen LogP contribution is -1.96. The third-order valence-electron chi connectivity index (χ3n) is 3.73. The van der Waals surface area contributed by atoms with Gasteiger partial charge in [0.2, 0.25) is 0 Å². The monoisotopic (exact) mass is 314 g/mol. The molecule has 0 rings (SSSR count). The van der Waals surface area contributed by atoms with Crippen LogP contribution < -0.4 is 0 Å². The van der Waals surface area contributed by atoms with Gasteiger partial charge < -0.3 is 5.11 Å². The molecule has 21 heavy (non-hydrogen) atoms. The molecule has 0 bridgehead atoms. The molecule has 2 nitrogen and oxygen atoms in total. The number of hydrogen-bond acceptors (Lipinski definition) is 2. The normalized spacial score (nSPS) is 12.9. The van der Waals surface area contributed by atoms with Gasteiger partial charge in [0.05, 0.1) is 0 Å². The SMILES string of the molecule is CCCCCC[C@H](S)C/C=C\CCCCCCCC(=O)O. The van der Waals surface area contributed by atoms with Gasteiger partial charge in [-0.1, -0.05) is 64.0 Å². The highest BCUT2D eigenvalue weighted by atomic mass is 32.1. The Bertz CT molecular complexity index is 264.